The molecule has 0 unspecified atom stereocenters. The molecule has 2 N–H and O–H groups in total. The highest BCUT2D eigenvalue weighted by atomic mass is 15.1. The number of nitrogens with zero attached hydrogens (tertiary/aromatic N) is 2. The SMILES string of the molecule is CCCNc1cc(NCc2ccc(CC)cc2)ncn1. The van der Waals surface area contributed by atoms with Crippen LogP contribution in [0.2, 0.25) is 0 Å². The van der Waals surface area contributed by atoms with E-state index < -0.39 is 0 Å². The molecule has 0 aliphatic carbocycles. The van der Waals surface area contributed by atoms with E-state index in [1.807, 2.05) is 6.07 Å². The van der Waals surface area contributed by atoms with Crippen LogP contribution in [0.5, 0.6) is 0 Å². The molecule has 20 heavy (non-hydrogen) atoms. The number of rotatable bonds is 7. The third-order valence-electron chi connectivity index (χ3n) is 3.13. The second-order valence-corrected chi connectivity index (χ2v) is 4.74. The van der Waals surface area contributed by atoms with Gasteiger partial charge in [0, 0.05) is 19.2 Å². The van der Waals surface area contributed by atoms with Gasteiger partial charge in [-0.25, -0.2) is 9.97 Å². The summed E-state index contributed by atoms with van der Waals surface area (Å²) in [6.07, 6.45) is 3.74. The molecule has 0 saturated carbocycles. The quantitative estimate of drug-likeness (QED) is 0.809. The lowest BCUT2D eigenvalue weighted by Gasteiger charge is -2.08. The van der Waals surface area contributed by atoms with Crippen molar-refractivity contribution in [1.29, 1.82) is 0 Å². The van der Waals surface area contributed by atoms with Crippen LogP contribution in [0.15, 0.2) is 36.7 Å². The molecule has 106 valence electrons. The van der Waals surface area contributed by atoms with Crippen LogP contribution in [0.1, 0.15) is 31.4 Å². The number of nitrogens with one attached hydrogen (secondary N) is 2. The maximum absolute atomic E-state index is 4.23. The Morgan fingerprint density at radius 3 is 2.20 bits per heavy atom. The second-order valence-electron chi connectivity index (χ2n) is 4.74. The molecule has 0 spiro atoms. The Morgan fingerprint density at radius 2 is 1.55 bits per heavy atom. The molecule has 1 aromatic carbocycles. The summed E-state index contributed by atoms with van der Waals surface area (Å²) >= 11 is 0. The van der Waals surface area contributed by atoms with Crippen molar-refractivity contribution in [3.05, 3.63) is 47.8 Å². The Balaban J connectivity index is 1.92. The summed E-state index contributed by atoms with van der Waals surface area (Å²) in [6, 6.07) is 10.6. The van der Waals surface area contributed by atoms with Crippen LogP contribution in [0, 0.1) is 0 Å². The molecule has 0 saturated heterocycles. The van der Waals surface area contributed by atoms with E-state index >= 15 is 0 Å². The van der Waals surface area contributed by atoms with Gasteiger partial charge in [-0.1, -0.05) is 38.1 Å². The minimum atomic E-state index is 0.772. The fourth-order valence-corrected chi connectivity index (χ4v) is 1.89. The molecule has 0 aliphatic heterocycles. The van der Waals surface area contributed by atoms with E-state index in [-0.39, 0.29) is 0 Å². The standard InChI is InChI=1S/C16H22N4/c1-3-9-17-15-10-16(20-12-19-15)18-11-14-7-5-13(4-2)6-8-14/h5-8,10,12H,3-4,9,11H2,1-2H3,(H2,17,18,19,20). The normalized spacial score (nSPS) is 10.3. The Bertz CT molecular complexity index is 522. The van der Waals surface area contributed by atoms with Gasteiger partial charge in [0.2, 0.25) is 0 Å². The third-order valence-corrected chi connectivity index (χ3v) is 3.13. The van der Waals surface area contributed by atoms with Gasteiger partial charge in [-0.3, -0.25) is 0 Å². The van der Waals surface area contributed by atoms with Crippen molar-refractivity contribution in [2.75, 3.05) is 17.2 Å². The first-order valence-corrected chi connectivity index (χ1v) is 7.19. The average molecular weight is 270 g/mol. The third kappa shape index (κ3) is 4.23. The highest BCUT2D eigenvalue weighted by molar-refractivity contribution is 5.46. The van der Waals surface area contributed by atoms with Crippen molar-refractivity contribution in [3.63, 3.8) is 0 Å². The molecule has 0 bridgehead atoms. The first-order valence-electron chi connectivity index (χ1n) is 7.19. The van der Waals surface area contributed by atoms with Crippen molar-refractivity contribution in [2.24, 2.45) is 0 Å². The second kappa shape index (κ2) is 7.48. The van der Waals surface area contributed by atoms with Gasteiger partial charge >= 0.3 is 0 Å². The van der Waals surface area contributed by atoms with Crippen molar-refractivity contribution in [1.82, 2.24) is 9.97 Å². The Kier molecular flexibility index (Phi) is 5.35. The summed E-state index contributed by atoms with van der Waals surface area (Å²) in [4.78, 5) is 8.43. The van der Waals surface area contributed by atoms with E-state index in [2.05, 4.69) is 58.7 Å². The van der Waals surface area contributed by atoms with Crippen LogP contribution < -0.4 is 10.6 Å². The minimum absolute atomic E-state index is 0.772. The number of anilines is 2. The molecule has 0 fully saturated rings. The molecule has 1 heterocycles. The van der Waals surface area contributed by atoms with E-state index in [0.29, 0.717) is 0 Å². The number of aromatic nitrogens is 2. The van der Waals surface area contributed by atoms with Crippen LogP contribution >= 0.6 is 0 Å². The predicted molar refractivity (Wildman–Crippen MR) is 84.0 cm³/mol. The fraction of sp³-hybridized carbons (Fsp3) is 0.375. The molecular formula is C16H22N4. The summed E-state index contributed by atoms with van der Waals surface area (Å²) in [7, 11) is 0. The number of hydrogen-bond donors (Lipinski definition) is 2. The van der Waals surface area contributed by atoms with Gasteiger partial charge in [0.25, 0.3) is 0 Å². The summed E-state index contributed by atoms with van der Waals surface area (Å²) in [5.41, 5.74) is 2.62. The van der Waals surface area contributed by atoms with E-state index in [4.69, 9.17) is 0 Å². The van der Waals surface area contributed by atoms with Crippen molar-refractivity contribution >= 4 is 11.6 Å². The molecular weight excluding hydrogens is 248 g/mol. The number of benzene rings is 1. The lowest BCUT2D eigenvalue weighted by Crippen LogP contribution is -2.05. The van der Waals surface area contributed by atoms with Crippen molar-refractivity contribution < 1.29 is 0 Å². The minimum Gasteiger partial charge on any atom is -0.370 e. The van der Waals surface area contributed by atoms with Crippen molar-refractivity contribution in [3.8, 4) is 0 Å². The lowest BCUT2D eigenvalue weighted by atomic mass is 10.1. The van der Waals surface area contributed by atoms with Crippen LogP contribution in [-0.4, -0.2) is 16.5 Å². The summed E-state index contributed by atoms with van der Waals surface area (Å²) in [6.45, 7) is 6.00. The molecule has 0 atom stereocenters. The van der Waals surface area contributed by atoms with Crippen LogP contribution in [0.3, 0.4) is 0 Å². The largest absolute Gasteiger partial charge is 0.370 e. The molecule has 4 nitrogen and oxygen atoms in total. The maximum atomic E-state index is 4.23. The molecule has 0 radical (unpaired) electrons. The Labute approximate surface area is 120 Å². The van der Waals surface area contributed by atoms with E-state index in [9.17, 15) is 0 Å². The van der Waals surface area contributed by atoms with Crippen LogP contribution in [0.25, 0.3) is 0 Å². The van der Waals surface area contributed by atoms with Crippen molar-refractivity contribution in [2.45, 2.75) is 33.2 Å². The summed E-state index contributed by atoms with van der Waals surface area (Å²) in [5, 5.41) is 6.58. The number of aryl methyl sites for hydroxylation is 1. The Morgan fingerprint density at radius 1 is 0.900 bits per heavy atom. The average Bonchev–Trinajstić information content (AvgIpc) is 2.52. The molecule has 0 aliphatic rings. The first-order chi connectivity index (χ1) is 9.81. The zero-order valence-corrected chi connectivity index (χ0v) is 12.2. The van der Waals surface area contributed by atoms with Crippen LogP contribution in [0.4, 0.5) is 11.6 Å². The van der Waals surface area contributed by atoms with E-state index in [1.54, 1.807) is 6.33 Å². The molecule has 4 heteroatoms. The molecule has 0 amide bonds. The van der Waals surface area contributed by atoms with Gasteiger partial charge in [0.1, 0.15) is 18.0 Å². The van der Waals surface area contributed by atoms with Gasteiger partial charge < -0.3 is 10.6 Å². The van der Waals surface area contributed by atoms with E-state index in [0.717, 1.165) is 37.6 Å². The monoisotopic (exact) mass is 270 g/mol. The topological polar surface area (TPSA) is 49.8 Å². The zero-order chi connectivity index (χ0) is 14.2. The maximum Gasteiger partial charge on any atom is 0.131 e. The highest BCUT2D eigenvalue weighted by Crippen LogP contribution is 2.11. The van der Waals surface area contributed by atoms with Gasteiger partial charge in [-0.2, -0.15) is 0 Å². The summed E-state index contributed by atoms with van der Waals surface area (Å²) in [5.74, 6) is 1.71. The molecule has 1 aromatic heterocycles. The van der Waals surface area contributed by atoms with E-state index in [1.165, 1.54) is 11.1 Å². The predicted octanol–water partition coefficient (Wildman–Crippen LogP) is 3.47. The zero-order valence-electron chi connectivity index (χ0n) is 12.2. The summed E-state index contributed by atoms with van der Waals surface area (Å²) < 4.78 is 0. The Hall–Kier alpha value is -2.10. The number of hydrogen-bond acceptors (Lipinski definition) is 4. The highest BCUT2D eigenvalue weighted by Gasteiger charge is 1.99. The molecule has 2 rings (SSSR count). The van der Waals surface area contributed by atoms with Gasteiger partial charge in [0.05, 0.1) is 0 Å². The van der Waals surface area contributed by atoms with Gasteiger partial charge in [-0.15, -0.1) is 0 Å². The fourth-order valence-electron chi connectivity index (χ4n) is 1.89. The van der Waals surface area contributed by atoms with Crippen LogP contribution in [-0.2, 0) is 13.0 Å². The lowest BCUT2D eigenvalue weighted by molar-refractivity contribution is 0.963. The smallest absolute Gasteiger partial charge is 0.131 e. The van der Waals surface area contributed by atoms with Gasteiger partial charge in [-0.05, 0) is 24.0 Å². The first kappa shape index (κ1) is 14.3. The van der Waals surface area contributed by atoms with Gasteiger partial charge in [0.15, 0.2) is 0 Å². The molecule has 2 aromatic rings.